The fraction of sp³-hybridized carbons (Fsp3) is 0.727. The number of phenols is 1. The second kappa shape index (κ2) is 11.2. The van der Waals surface area contributed by atoms with Gasteiger partial charge < -0.3 is 20.5 Å². The topological polar surface area (TPSA) is 108 Å². The first-order valence-corrected chi connectivity index (χ1v) is 15.2. The largest absolute Gasteiger partial charge is 0.507 e. The van der Waals surface area contributed by atoms with Crippen molar-refractivity contribution in [3.05, 3.63) is 28.8 Å². The highest BCUT2D eigenvalue weighted by Gasteiger charge is 2.63. The number of nitrogens with one attached hydrogen (secondary N) is 2. The zero-order chi connectivity index (χ0) is 31.2. The van der Waals surface area contributed by atoms with Crippen LogP contribution in [0.3, 0.4) is 0 Å². The molecule has 2 aliphatic heterocycles. The SMILES string of the molecule is CCC1(C)CC2(NC(=O)N(CCOC(=O)CCc3cc(C(C)(C)C)c(O)c(C(C)(C)C)c3)C2=O)C(C)C(C)(CC)N1. The minimum absolute atomic E-state index is 0.0194. The molecule has 0 saturated carbocycles. The zero-order valence-corrected chi connectivity index (χ0v) is 27.2. The summed E-state index contributed by atoms with van der Waals surface area (Å²) in [6, 6.07) is 3.52. The molecule has 3 N–H and O–H groups in total. The Bertz CT molecular complexity index is 1150. The number of rotatable bonds is 8. The summed E-state index contributed by atoms with van der Waals surface area (Å²) < 4.78 is 5.49. The highest BCUT2D eigenvalue weighted by atomic mass is 16.5. The van der Waals surface area contributed by atoms with Crippen LogP contribution >= 0.6 is 0 Å². The third-order valence-electron chi connectivity index (χ3n) is 9.65. The first-order valence-electron chi connectivity index (χ1n) is 15.2. The van der Waals surface area contributed by atoms with Crippen LogP contribution in [-0.4, -0.2) is 57.7 Å². The third-order valence-corrected chi connectivity index (χ3v) is 9.65. The number of ether oxygens (including phenoxy) is 1. The van der Waals surface area contributed by atoms with Gasteiger partial charge in [0.2, 0.25) is 0 Å². The highest BCUT2D eigenvalue weighted by Crippen LogP contribution is 2.46. The van der Waals surface area contributed by atoms with Gasteiger partial charge in [-0.1, -0.05) is 74.4 Å². The van der Waals surface area contributed by atoms with Gasteiger partial charge in [-0.3, -0.25) is 14.5 Å². The van der Waals surface area contributed by atoms with Crippen LogP contribution in [0.2, 0.25) is 0 Å². The van der Waals surface area contributed by atoms with Crippen molar-refractivity contribution in [1.82, 2.24) is 15.5 Å². The molecule has 8 nitrogen and oxygen atoms in total. The van der Waals surface area contributed by atoms with Crippen LogP contribution < -0.4 is 10.6 Å². The Labute approximate surface area is 247 Å². The van der Waals surface area contributed by atoms with E-state index in [0.717, 1.165) is 29.5 Å². The molecule has 230 valence electrons. The number of imide groups is 1. The van der Waals surface area contributed by atoms with Crippen molar-refractivity contribution >= 4 is 17.9 Å². The average Bonchev–Trinajstić information content (AvgIpc) is 3.09. The average molecular weight is 572 g/mol. The molecule has 0 aromatic heterocycles. The van der Waals surface area contributed by atoms with E-state index < -0.39 is 11.6 Å². The van der Waals surface area contributed by atoms with Gasteiger partial charge in [-0.25, -0.2) is 4.79 Å². The summed E-state index contributed by atoms with van der Waals surface area (Å²) in [4.78, 5) is 40.8. The minimum Gasteiger partial charge on any atom is -0.507 e. The van der Waals surface area contributed by atoms with E-state index in [4.69, 9.17) is 4.74 Å². The molecule has 1 aromatic carbocycles. The summed E-state index contributed by atoms with van der Waals surface area (Å²) in [6.45, 7) is 22.8. The molecule has 4 atom stereocenters. The molecule has 0 radical (unpaired) electrons. The molecular weight excluding hydrogens is 518 g/mol. The van der Waals surface area contributed by atoms with Crippen LogP contribution in [0.15, 0.2) is 12.1 Å². The lowest BCUT2D eigenvalue weighted by Gasteiger charge is -2.56. The van der Waals surface area contributed by atoms with Gasteiger partial charge in [0.05, 0.1) is 6.54 Å². The summed E-state index contributed by atoms with van der Waals surface area (Å²) in [5.41, 5.74) is 0.557. The lowest BCUT2D eigenvalue weighted by molar-refractivity contribution is -0.146. The van der Waals surface area contributed by atoms with Crippen molar-refractivity contribution in [2.45, 2.75) is 136 Å². The van der Waals surface area contributed by atoms with Crippen LogP contribution in [0, 0.1) is 5.92 Å². The molecular formula is C33H53N3O5. The predicted molar refractivity (Wildman–Crippen MR) is 162 cm³/mol. The zero-order valence-electron chi connectivity index (χ0n) is 27.2. The molecule has 0 bridgehead atoms. The Morgan fingerprint density at radius 3 is 2.10 bits per heavy atom. The maximum atomic E-state index is 13.8. The second-order valence-electron chi connectivity index (χ2n) is 14.8. The monoisotopic (exact) mass is 571 g/mol. The summed E-state index contributed by atoms with van der Waals surface area (Å²) in [5.74, 6) is -0.434. The van der Waals surface area contributed by atoms with E-state index in [9.17, 15) is 19.5 Å². The van der Waals surface area contributed by atoms with Gasteiger partial charge in [-0.2, -0.15) is 0 Å². The number of hydrogen-bond donors (Lipinski definition) is 3. The van der Waals surface area contributed by atoms with E-state index in [1.165, 1.54) is 4.90 Å². The molecule has 41 heavy (non-hydrogen) atoms. The van der Waals surface area contributed by atoms with Gasteiger partial charge in [0.1, 0.15) is 17.9 Å². The summed E-state index contributed by atoms with van der Waals surface area (Å²) in [7, 11) is 0. The second-order valence-corrected chi connectivity index (χ2v) is 14.8. The van der Waals surface area contributed by atoms with Crippen molar-refractivity contribution in [1.29, 1.82) is 0 Å². The fourth-order valence-electron chi connectivity index (χ4n) is 6.57. The van der Waals surface area contributed by atoms with Crippen LogP contribution in [0.5, 0.6) is 5.75 Å². The summed E-state index contributed by atoms with van der Waals surface area (Å²) in [6.07, 6.45) is 2.78. The van der Waals surface area contributed by atoms with E-state index in [0.29, 0.717) is 18.6 Å². The van der Waals surface area contributed by atoms with Crippen molar-refractivity contribution < 1.29 is 24.2 Å². The van der Waals surface area contributed by atoms with Crippen molar-refractivity contribution in [3.8, 4) is 5.75 Å². The van der Waals surface area contributed by atoms with E-state index >= 15 is 0 Å². The van der Waals surface area contributed by atoms with E-state index in [1.54, 1.807) is 0 Å². The Hall–Kier alpha value is -2.61. The van der Waals surface area contributed by atoms with Gasteiger partial charge in [0.25, 0.3) is 5.91 Å². The van der Waals surface area contributed by atoms with Gasteiger partial charge in [0, 0.05) is 23.4 Å². The molecule has 3 amide bonds. The van der Waals surface area contributed by atoms with Gasteiger partial charge in [-0.05, 0) is 67.1 Å². The maximum absolute atomic E-state index is 13.8. The number of piperidine rings is 1. The molecule has 2 saturated heterocycles. The number of carbonyl (C=O) groups excluding carboxylic acids is 3. The molecule has 2 aliphatic rings. The van der Waals surface area contributed by atoms with Gasteiger partial charge in [0.15, 0.2) is 0 Å². The number of carbonyl (C=O) groups is 3. The van der Waals surface area contributed by atoms with Crippen LogP contribution in [0.25, 0.3) is 0 Å². The molecule has 0 aliphatic carbocycles. The number of esters is 1. The van der Waals surface area contributed by atoms with E-state index in [1.807, 2.05) is 19.1 Å². The number of urea groups is 1. The summed E-state index contributed by atoms with van der Waals surface area (Å²) in [5, 5.41) is 17.8. The number of aromatic hydroxyl groups is 1. The van der Waals surface area contributed by atoms with Gasteiger partial charge in [-0.15, -0.1) is 0 Å². The number of amides is 3. The van der Waals surface area contributed by atoms with Gasteiger partial charge >= 0.3 is 12.0 Å². The first-order chi connectivity index (χ1) is 18.7. The first kappa shape index (κ1) is 32.9. The van der Waals surface area contributed by atoms with E-state index in [-0.39, 0.29) is 59.3 Å². The number of phenolic OH excluding ortho intramolecular Hbond substituents is 1. The quantitative estimate of drug-likeness (QED) is 0.272. The molecule has 1 aromatic rings. The molecule has 2 fully saturated rings. The lowest BCUT2D eigenvalue weighted by atomic mass is 9.61. The molecule has 1 spiro atoms. The molecule has 8 heteroatoms. The number of aryl methyl sites for hydroxylation is 1. The minimum atomic E-state index is -0.990. The van der Waals surface area contributed by atoms with Crippen LogP contribution in [-0.2, 0) is 31.6 Å². The van der Waals surface area contributed by atoms with E-state index in [2.05, 4.69) is 79.9 Å². The predicted octanol–water partition coefficient (Wildman–Crippen LogP) is 5.72. The Kier molecular flexibility index (Phi) is 9.01. The standard InChI is InChI=1S/C33H53N3O5/c1-12-31(10)20-33(21(3)32(11,13-2)35-31)27(39)36(28(40)34-33)16-17-41-25(37)15-14-22-18-23(29(4,5)6)26(38)24(19-22)30(7,8)9/h18-19,21,35,38H,12-17,20H2,1-11H3,(H,34,40). The van der Waals surface area contributed by atoms with Crippen molar-refractivity contribution in [2.75, 3.05) is 13.2 Å². The molecule has 2 heterocycles. The number of nitrogens with zero attached hydrogens (tertiary/aromatic N) is 1. The molecule has 3 rings (SSSR count). The van der Waals surface area contributed by atoms with Crippen molar-refractivity contribution in [3.63, 3.8) is 0 Å². The molecule has 4 unspecified atom stereocenters. The Balaban J connectivity index is 1.66. The summed E-state index contributed by atoms with van der Waals surface area (Å²) >= 11 is 0. The lowest BCUT2D eigenvalue weighted by Crippen LogP contribution is -2.74. The fourth-order valence-corrected chi connectivity index (χ4v) is 6.57. The Morgan fingerprint density at radius 2 is 1.61 bits per heavy atom. The normalized spacial score (nSPS) is 28.8. The highest BCUT2D eigenvalue weighted by molar-refractivity contribution is 6.07. The van der Waals surface area contributed by atoms with Crippen LogP contribution in [0.1, 0.15) is 119 Å². The maximum Gasteiger partial charge on any atom is 0.325 e. The van der Waals surface area contributed by atoms with Crippen molar-refractivity contribution in [2.24, 2.45) is 5.92 Å². The van der Waals surface area contributed by atoms with Crippen LogP contribution in [0.4, 0.5) is 4.79 Å². The third kappa shape index (κ3) is 6.42. The number of hydrogen-bond acceptors (Lipinski definition) is 6. The Morgan fingerprint density at radius 1 is 1.05 bits per heavy atom. The number of benzene rings is 1. The smallest absolute Gasteiger partial charge is 0.325 e.